The van der Waals surface area contributed by atoms with Crippen LogP contribution in [0, 0.1) is 6.07 Å². The van der Waals surface area contributed by atoms with Crippen molar-refractivity contribution in [1.82, 2.24) is 4.31 Å². The summed E-state index contributed by atoms with van der Waals surface area (Å²) in [5, 5.41) is 9.04. The first-order chi connectivity index (χ1) is 6.42. The molecule has 0 unspecified atom stereocenters. The Labute approximate surface area is 83.2 Å². The second-order valence-electron chi connectivity index (χ2n) is 2.85. The highest BCUT2D eigenvalue weighted by atomic mass is 32.2. The zero-order chi connectivity index (χ0) is 10.8. The van der Waals surface area contributed by atoms with Crippen LogP contribution >= 0.6 is 0 Å². The van der Waals surface area contributed by atoms with Gasteiger partial charge in [0.15, 0.2) is 0 Å². The first-order valence-electron chi connectivity index (χ1n) is 3.83. The van der Waals surface area contributed by atoms with E-state index in [4.69, 9.17) is 5.11 Å². The van der Waals surface area contributed by atoms with Crippen LogP contribution in [-0.2, 0) is 10.2 Å². The predicted octanol–water partition coefficient (Wildman–Crippen LogP) is 0.411. The van der Waals surface area contributed by atoms with Crippen molar-refractivity contribution >= 4 is 15.9 Å². The molecule has 1 radical (unpaired) electrons. The van der Waals surface area contributed by atoms with Gasteiger partial charge in [-0.05, 0) is 12.1 Å². The lowest BCUT2D eigenvalue weighted by Crippen LogP contribution is -2.28. The molecule has 1 aromatic carbocycles. The Morgan fingerprint density at radius 3 is 2.64 bits per heavy atom. The number of rotatable bonds is 3. The minimum absolute atomic E-state index is 0.107. The van der Waals surface area contributed by atoms with Crippen molar-refractivity contribution in [3.05, 3.63) is 24.3 Å². The molecule has 0 atom stereocenters. The number of phenols is 1. The average Bonchev–Trinajstić information content (AvgIpc) is 2.02. The maximum Gasteiger partial charge on any atom is 0.301 e. The van der Waals surface area contributed by atoms with E-state index < -0.39 is 10.2 Å². The number of phenolic OH excluding ortho intramolecular Hbond substituents is 1. The molecule has 0 saturated carbocycles. The zero-order valence-corrected chi connectivity index (χ0v) is 8.67. The molecule has 0 aliphatic heterocycles. The third kappa shape index (κ3) is 2.61. The van der Waals surface area contributed by atoms with Gasteiger partial charge in [-0.15, -0.1) is 0 Å². The number of hydrogen-bond donors (Lipinski definition) is 2. The van der Waals surface area contributed by atoms with E-state index in [1.807, 2.05) is 0 Å². The molecule has 0 aliphatic rings. The molecule has 0 fully saturated rings. The molecule has 0 heterocycles. The number of anilines is 1. The van der Waals surface area contributed by atoms with Gasteiger partial charge in [-0.25, -0.2) is 0 Å². The molecular formula is C8H11N2O3S. The fourth-order valence-electron chi connectivity index (χ4n) is 0.758. The molecule has 0 amide bonds. The molecule has 1 rings (SSSR count). The van der Waals surface area contributed by atoms with E-state index in [0.717, 1.165) is 4.31 Å². The van der Waals surface area contributed by atoms with Crippen molar-refractivity contribution < 1.29 is 13.5 Å². The van der Waals surface area contributed by atoms with Gasteiger partial charge < -0.3 is 5.11 Å². The van der Waals surface area contributed by atoms with Crippen LogP contribution in [-0.4, -0.2) is 31.9 Å². The van der Waals surface area contributed by atoms with E-state index in [1.165, 1.54) is 32.3 Å². The Bertz CT molecular complexity index is 414. The smallest absolute Gasteiger partial charge is 0.301 e. The Kier molecular flexibility index (Phi) is 2.97. The summed E-state index contributed by atoms with van der Waals surface area (Å²) < 4.78 is 26.0. The summed E-state index contributed by atoms with van der Waals surface area (Å²) in [6.07, 6.45) is 0. The van der Waals surface area contributed by atoms with Gasteiger partial charge in [0.1, 0.15) is 5.75 Å². The average molecular weight is 215 g/mol. The molecule has 1 aromatic rings. The highest BCUT2D eigenvalue weighted by Crippen LogP contribution is 2.16. The molecule has 6 heteroatoms. The Morgan fingerprint density at radius 1 is 1.50 bits per heavy atom. The number of aromatic hydroxyl groups is 1. The number of hydrogen-bond acceptors (Lipinski definition) is 3. The maximum absolute atomic E-state index is 11.3. The van der Waals surface area contributed by atoms with Gasteiger partial charge >= 0.3 is 10.2 Å². The largest absolute Gasteiger partial charge is 0.507 e. The summed E-state index contributed by atoms with van der Waals surface area (Å²) in [7, 11) is -0.682. The van der Waals surface area contributed by atoms with Crippen molar-refractivity contribution in [1.29, 1.82) is 0 Å². The SMILES string of the molecule is CN(C)S(=O)(=O)Nc1cc[c]c(O)c1. The molecule has 5 nitrogen and oxygen atoms in total. The van der Waals surface area contributed by atoms with Gasteiger partial charge in [0.05, 0.1) is 5.69 Å². The molecular weight excluding hydrogens is 204 g/mol. The van der Waals surface area contributed by atoms with E-state index in [-0.39, 0.29) is 5.75 Å². The third-order valence-electron chi connectivity index (χ3n) is 1.51. The van der Waals surface area contributed by atoms with Crippen LogP contribution in [0.15, 0.2) is 18.2 Å². The molecule has 0 aromatic heterocycles. The molecule has 77 valence electrons. The second kappa shape index (κ2) is 3.85. The van der Waals surface area contributed by atoms with Gasteiger partial charge in [0.2, 0.25) is 0 Å². The highest BCUT2D eigenvalue weighted by molar-refractivity contribution is 7.90. The molecule has 14 heavy (non-hydrogen) atoms. The van der Waals surface area contributed by atoms with Crippen molar-refractivity contribution in [3.8, 4) is 5.75 Å². The second-order valence-corrected chi connectivity index (χ2v) is 4.74. The fraction of sp³-hybridized carbons (Fsp3) is 0.250. The summed E-state index contributed by atoms with van der Waals surface area (Å²) in [5.41, 5.74) is 0.301. The van der Waals surface area contributed by atoms with Gasteiger partial charge in [-0.2, -0.15) is 12.7 Å². The summed E-state index contributed by atoms with van der Waals surface area (Å²) in [6, 6.07) is 6.71. The molecule has 0 spiro atoms. The monoisotopic (exact) mass is 215 g/mol. The lowest BCUT2D eigenvalue weighted by atomic mass is 10.3. The lowest BCUT2D eigenvalue weighted by molar-refractivity contribution is 0.474. The van der Waals surface area contributed by atoms with Crippen LogP contribution in [0.25, 0.3) is 0 Å². The summed E-state index contributed by atoms with van der Waals surface area (Å²) in [4.78, 5) is 0. The molecule has 0 bridgehead atoms. The van der Waals surface area contributed by atoms with E-state index in [9.17, 15) is 8.42 Å². The number of benzene rings is 1. The van der Waals surface area contributed by atoms with E-state index in [1.54, 1.807) is 0 Å². The van der Waals surface area contributed by atoms with Crippen molar-refractivity contribution in [2.75, 3.05) is 18.8 Å². The molecule has 0 aliphatic carbocycles. The topological polar surface area (TPSA) is 69.6 Å². The quantitative estimate of drug-likeness (QED) is 0.767. The molecule has 0 saturated heterocycles. The van der Waals surface area contributed by atoms with Crippen LogP contribution in [0.2, 0.25) is 0 Å². The third-order valence-corrected chi connectivity index (χ3v) is 2.97. The van der Waals surface area contributed by atoms with Gasteiger partial charge in [-0.3, -0.25) is 4.72 Å². The van der Waals surface area contributed by atoms with Gasteiger partial charge in [0.25, 0.3) is 0 Å². The Balaban J connectivity index is 2.90. The van der Waals surface area contributed by atoms with Gasteiger partial charge in [-0.1, -0.05) is 0 Å². The normalized spacial score (nSPS) is 11.6. The van der Waals surface area contributed by atoms with Crippen LogP contribution < -0.4 is 4.72 Å². The first kappa shape index (κ1) is 10.8. The van der Waals surface area contributed by atoms with Crippen molar-refractivity contribution in [2.45, 2.75) is 0 Å². The number of nitrogens with one attached hydrogen (secondary N) is 1. The van der Waals surface area contributed by atoms with Crippen LogP contribution in [0.1, 0.15) is 0 Å². The van der Waals surface area contributed by atoms with E-state index in [2.05, 4.69) is 10.8 Å². The summed E-state index contributed by atoms with van der Waals surface area (Å²) in [5.74, 6) is -0.107. The predicted molar refractivity (Wildman–Crippen MR) is 53.2 cm³/mol. The van der Waals surface area contributed by atoms with E-state index >= 15 is 0 Å². The fourth-order valence-corrected chi connectivity index (χ4v) is 1.36. The minimum atomic E-state index is -3.51. The highest BCUT2D eigenvalue weighted by Gasteiger charge is 2.12. The van der Waals surface area contributed by atoms with Crippen molar-refractivity contribution in [3.63, 3.8) is 0 Å². The molecule has 2 N–H and O–H groups in total. The zero-order valence-electron chi connectivity index (χ0n) is 7.85. The summed E-state index contributed by atoms with van der Waals surface area (Å²) >= 11 is 0. The van der Waals surface area contributed by atoms with Crippen LogP contribution in [0.3, 0.4) is 0 Å². The Morgan fingerprint density at radius 2 is 2.14 bits per heavy atom. The van der Waals surface area contributed by atoms with Crippen LogP contribution in [0.5, 0.6) is 5.75 Å². The minimum Gasteiger partial charge on any atom is -0.507 e. The lowest BCUT2D eigenvalue weighted by Gasteiger charge is -2.13. The number of nitrogens with zero attached hydrogens (tertiary/aromatic N) is 1. The standard InChI is InChI=1S/C8H11N2O3S/c1-10(2)14(12,13)9-7-4-3-5-8(11)6-7/h3-4,6,9,11H,1-2H3. The summed E-state index contributed by atoms with van der Waals surface area (Å²) in [6.45, 7) is 0. The Hall–Kier alpha value is -1.27. The van der Waals surface area contributed by atoms with Crippen LogP contribution in [0.4, 0.5) is 5.69 Å². The van der Waals surface area contributed by atoms with E-state index in [0.29, 0.717) is 5.69 Å². The first-order valence-corrected chi connectivity index (χ1v) is 5.27. The maximum atomic E-state index is 11.3. The van der Waals surface area contributed by atoms with Gasteiger partial charge in [0, 0.05) is 26.2 Å². The van der Waals surface area contributed by atoms with Crippen molar-refractivity contribution in [2.24, 2.45) is 0 Å².